The van der Waals surface area contributed by atoms with Gasteiger partial charge in [0.25, 0.3) is 0 Å². The van der Waals surface area contributed by atoms with Gasteiger partial charge in [0.1, 0.15) is 0 Å². The Morgan fingerprint density at radius 3 is 2.90 bits per heavy atom. The fourth-order valence-electron chi connectivity index (χ4n) is 3.30. The lowest BCUT2D eigenvalue weighted by Gasteiger charge is -2.16. The first-order chi connectivity index (χ1) is 10.1. The van der Waals surface area contributed by atoms with E-state index in [0.717, 1.165) is 44.1 Å². The molecule has 0 aromatic heterocycles. The zero-order valence-corrected chi connectivity index (χ0v) is 12.1. The van der Waals surface area contributed by atoms with E-state index in [2.05, 4.69) is 5.32 Å². The van der Waals surface area contributed by atoms with E-state index in [1.165, 1.54) is 6.07 Å². The van der Waals surface area contributed by atoms with Crippen molar-refractivity contribution in [3.63, 3.8) is 0 Å². The zero-order chi connectivity index (χ0) is 15.0. The Balaban J connectivity index is 1.60. The number of nitrogens with zero attached hydrogens (tertiary/aromatic N) is 1. The van der Waals surface area contributed by atoms with Crippen molar-refractivity contribution in [3.05, 3.63) is 35.4 Å². The Morgan fingerprint density at radius 1 is 1.38 bits per heavy atom. The molecule has 5 heteroatoms. The molecule has 0 bridgehead atoms. The predicted molar refractivity (Wildman–Crippen MR) is 75.8 cm³/mol. The van der Waals surface area contributed by atoms with Gasteiger partial charge in [0.2, 0.25) is 5.91 Å². The van der Waals surface area contributed by atoms with Gasteiger partial charge in [0.05, 0.1) is 0 Å². The standard InChI is InChI=1S/C16H20F2N2O/c1-19-8-10-4-5-20(9-10)16(21)13-7-12(13)11-2-3-14(17)15(18)6-11/h2-3,6,10,12-13,19H,4-5,7-9H2,1H3/t10-,12+,13-/m0/s1. The number of hydrogen-bond acceptors (Lipinski definition) is 2. The van der Waals surface area contributed by atoms with Gasteiger partial charge in [0, 0.05) is 19.0 Å². The van der Waals surface area contributed by atoms with Gasteiger partial charge in [-0.15, -0.1) is 0 Å². The van der Waals surface area contributed by atoms with Crippen LogP contribution in [0.2, 0.25) is 0 Å². The molecule has 1 heterocycles. The molecule has 1 aliphatic heterocycles. The van der Waals surface area contributed by atoms with Crippen LogP contribution in [-0.2, 0) is 4.79 Å². The number of amides is 1. The summed E-state index contributed by atoms with van der Waals surface area (Å²) in [6, 6.07) is 3.95. The molecular formula is C16H20F2N2O. The highest BCUT2D eigenvalue weighted by Crippen LogP contribution is 2.49. The fourth-order valence-corrected chi connectivity index (χ4v) is 3.30. The molecule has 0 spiro atoms. The van der Waals surface area contributed by atoms with Gasteiger partial charge >= 0.3 is 0 Å². The van der Waals surface area contributed by atoms with Crippen LogP contribution in [0.25, 0.3) is 0 Å². The highest BCUT2D eigenvalue weighted by molar-refractivity contribution is 5.83. The fraction of sp³-hybridized carbons (Fsp3) is 0.562. The normalized spacial score (nSPS) is 28.0. The van der Waals surface area contributed by atoms with E-state index in [1.807, 2.05) is 11.9 Å². The van der Waals surface area contributed by atoms with Gasteiger partial charge in [-0.3, -0.25) is 4.79 Å². The second-order valence-electron chi connectivity index (χ2n) is 6.12. The van der Waals surface area contributed by atoms with E-state index < -0.39 is 11.6 Å². The molecule has 21 heavy (non-hydrogen) atoms. The summed E-state index contributed by atoms with van der Waals surface area (Å²) >= 11 is 0. The minimum atomic E-state index is -0.836. The average molecular weight is 294 g/mol. The van der Waals surface area contributed by atoms with Gasteiger partial charge < -0.3 is 10.2 Å². The van der Waals surface area contributed by atoms with Crippen molar-refractivity contribution in [2.75, 3.05) is 26.7 Å². The number of hydrogen-bond donors (Lipinski definition) is 1. The summed E-state index contributed by atoms with van der Waals surface area (Å²) in [5, 5.41) is 3.14. The van der Waals surface area contributed by atoms with Crippen LogP contribution in [-0.4, -0.2) is 37.5 Å². The summed E-state index contributed by atoms with van der Waals surface area (Å²) in [5.41, 5.74) is 0.734. The van der Waals surface area contributed by atoms with Crippen LogP contribution in [0.4, 0.5) is 8.78 Å². The summed E-state index contributed by atoms with van der Waals surface area (Å²) in [4.78, 5) is 14.4. The van der Waals surface area contributed by atoms with Crippen LogP contribution >= 0.6 is 0 Å². The maximum Gasteiger partial charge on any atom is 0.226 e. The molecule has 1 aromatic rings. The quantitative estimate of drug-likeness (QED) is 0.922. The number of carbonyl (C=O) groups excluding carboxylic acids is 1. The smallest absolute Gasteiger partial charge is 0.226 e. The second kappa shape index (κ2) is 5.72. The van der Waals surface area contributed by atoms with Gasteiger partial charge in [0.15, 0.2) is 11.6 Å². The summed E-state index contributed by atoms with van der Waals surface area (Å²) in [6.07, 6.45) is 1.78. The van der Waals surface area contributed by atoms with Crippen molar-refractivity contribution >= 4 is 5.91 Å². The Hall–Kier alpha value is -1.49. The van der Waals surface area contributed by atoms with Crippen LogP contribution in [0.3, 0.4) is 0 Å². The molecule has 1 saturated heterocycles. The molecule has 1 saturated carbocycles. The molecule has 0 unspecified atom stereocenters. The molecule has 1 aromatic carbocycles. The lowest BCUT2D eigenvalue weighted by Crippen LogP contribution is -2.31. The first kappa shape index (κ1) is 14.4. The van der Waals surface area contributed by atoms with Gasteiger partial charge in [-0.25, -0.2) is 8.78 Å². The zero-order valence-electron chi connectivity index (χ0n) is 12.1. The van der Waals surface area contributed by atoms with E-state index in [1.54, 1.807) is 6.07 Å². The van der Waals surface area contributed by atoms with Crippen molar-refractivity contribution in [2.24, 2.45) is 11.8 Å². The number of halogens is 2. The molecule has 3 nitrogen and oxygen atoms in total. The molecule has 1 amide bonds. The maximum absolute atomic E-state index is 13.3. The minimum Gasteiger partial charge on any atom is -0.342 e. The Kier molecular flexibility index (Phi) is 3.93. The van der Waals surface area contributed by atoms with Gasteiger partial charge in [-0.2, -0.15) is 0 Å². The maximum atomic E-state index is 13.3. The first-order valence-electron chi connectivity index (χ1n) is 7.48. The molecule has 2 aliphatic rings. The summed E-state index contributed by atoms with van der Waals surface area (Å²) in [6.45, 7) is 2.55. The van der Waals surface area contributed by atoms with Crippen LogP contribution < -0.4 is 5.32 Å². The number of likely N-dealkylation sites (tertiary alicyclic amines) is 1. The number of rotatable bonds is 4. The number of carbonyl (C=O) groups is 1. The van der Waals surface area contributed by atoms with Crippen molar-refractivity contribution in [2.45, 2.75) is 18.8 Å². The van der Waals surface area contributed by atoms with Crippen molar-refractivity contribution in [1.82, 2.24) is 10.2 Å². The van der Waals surface area contributed by atoms with Crippen molar-refractivity contribution in [1.29, 1.82) is 0 Å². The third kappa shape index (κ3) is 2.93. The summed E-state index contributed by atoms with van der Waals surface area (Å²) in [7, 11) is 1.92. The second-order valence-corrected chi connectivity index (χ2v) is 6.12. The molecule has 1 aliphatic carbocycles. The number of benzene rings is 1. The largest absolute Gasteiger partial charge is 0.342 e. The molecule has 3 rings (SSSR count). The highest BCUT2D eigenvalue weighted by atomic mass is 19.2. The van der Waals surface area contributed by atoms with Crippen molar-refractivity contribution < 1.29 is 13.6 Å². The third-order valence-electron chi connectivity index (χ3n) is 4.57. The van der Waals surface area contributed by atoms with Crippen molar-refractivity contribution in [3.8, 4) is 0 Å². The summed E-state index contributed by atoms with van der Waals surface area (Å²) < 4.78 is 26.2. The Morgan fingerprint density at radius 2 is 2.19 bits per heavy atom. The lowest BCUT2D eigenvalue weighted by atomic mass is 10.1. The molecule has 1 N–H and O–H groups in total. The van der Waals surface area contributed by atoms with E-state index in [9.17, 15) is 13.6 Å². The lowest BCUT2D eigenvalue weighted by molar-refractivity contribution is -0.131. The average Bonchev–Trinajstić information content (AvgIpc) is 3.13. The molecule has 114 valence electrons. The minimum absolute atomic E-state index is 0.0518. The molecule has 3 atom stereocenters. The molecule has 2 fully saturated rings. The topological polar surface area (TPSA) is 32.3 Å². The SMILES string of the molecule is CNC[C@@H]1CCN(C(=O)[C@H]2C[C@@H]2c2ccc(F)c(F)c2)C1. The van der Waals surface area contributed by atoms with Crippen LogP contribution in [0, 0.1) is 23.5 Å². The first-order valence-corrected chi connectivity index (χ1v) is 7.48. The molecular weight excluding hydrogens is 274 g/mol. The number of nitrogens with one attached hydrogen (secondary N) is 1. The molecule has 0 radical (unpaired) electrons. The van der Waals surface area contributed by atoms with Gasteiger partial charge in [-0.05, 0) is 56.0 Å². The Bertz CT molecular complexity index is 549. The third-order valence-corrected chi connectivity index (χ3v) is 4.57. The predicted octanol–water partition coefficient (Wildman–Crippen LogP) is 2.14. The summed E-state index contributed by atoms with van der Waals surface area (Å²) in [5.74, 6) is -0.973. The van der Waals surface area contributed by atoms with E-state index >= 15 is 0 Å². The monoisotopic (exact) mass is 294 g/mol. The van der Waals surface area contributed by atoms with Crippen LogP contribution in [0.5, 0.6) is 0 Å². The Labute approximate surface area is 123 Å². The van der Waals surface area contributed by atoms with Crippen LogP contribution in [0.15, 0.2) is 18.2 Å². The van der Waals surface area contributed by atoms with E-state index in [0.29, 0.717) is 5.92 Å². The van der Waals surface area contributed by atoms with E-state index in [-0.39, 0.29) is 17.7 Å². The van der Waals surface area contributed by atoms with Gasteiger partial charge in [-0.1, -0.05) is 6.07 Å². The van der Waals surface area contributed by atoms with E-state index in [4.69, 9.17) is 0 Å². The highest BCUT2D eigenvalue weighted by Gasteiger charge is 2.46. The van der Waals surface area contributed by atoms with Crippen LogP contribution in [0.1, 0.15) is 24.3 Å².